The number of imidazole rings is 1. The minimum atomic E-state index is -0.595. The van der Waals surface area contributed by atoms with Crippen molar-refractivity contribution in [3.05, 3.63) is 58.6 Å². The summed E-state index contributed by atoms with van der Waals surface area (Å²) in [5.74, 6) is -0.664. The van der Waals surface area contributed by atoms with Crippen LogP contribution in [0.2, 0.25) is 0 Å². The molecule has 102 valence electrons. The van der Waals surface area contributed by atoms with Crippen LogP contribution in [0.4, 0.5) is 14.6 Å². The summed E-state index contributed by atoms with van der Waals surface area (Å²) in [4.78, 5) is 8.43. The number of halogens is 3. The third-order valence-electron chi connectivity index (χ3n) is 2.81. The van der Waals surface area contributed by atoms with Crippen molar-refractivity contribution in [3.8, 4) is 0 Å². The van der Waals surface area contributed by atoms with Crippen molar-refractivity contribution < 1.29 is 8.78 Å². The van der Waals surface area contributed by atoms with Gasteiger partial charge in [-0.15, -0.1) is 0 Å². The van der Waals surface area contributed by atoms with Crippen LogP contribution in [0.15, 0.2) is 41.4 Å². The molecule has 0 fully saturated rings. The number of hydrogen-bond acceptors (Lipinski definition) is 3. The Bertz CT molecular complexity index is 772. The van der Waals surface area contributed by atoms with E-state index in [2.05, 4.69) is 31.2 Å². The Labute approximate surface area is 121 Å². The van der Waals surface area contributed by atoms with Gasteiger partial charge in [0.2, 0.25) is 0 Å². The number of aromatic nitrogens is 3. The molecule has 3 rings (SSSR count). The molecule has 2 aromatic heterocycles. The zero-order valence-electron chi connectivity index (χ0n) is 10.1. The van der Waals surface area contributed by atoms with E-state index in [1.165, 1.54) is 12.1 Å². The SMILES string of the molecule is Fc1ccc(CNc2nc(Br)cn3ccnc23)c(F)c1. The normalized spacial score (nSPS) is 10.9. The Morgan fingerprint density at radius 3 is 2.95 bits per heavy atom. The van der Waals surface area contributed by atoms with E-state index in [1.807, 2.05) is 0 Å². The van der Waals surface area contributed by atoms with E-state index in [-0.39, 0.29) is 6.54 Å². The maximum Gasteiger partial charge on any atom is 0.180 e. The van der Waals surface area contributed by atoms with Crippen molar-refractivity contribution in [1.82, 2.24) is 14.4 Å². The van der Waals surface area contributed by atoms with Crippen LogP contribution in [0.3, 0.4) is 0 Å². The molecule has 0 aliphatic heterocycles. The molecule has 0 amide bonds. The molecule has 3 aromatic rings. The molecule has 1 N–H and O–H groups in total. The minimum absolute atomic E-state index is 0.193. The smallest absolute Gasteiger partial charge is 0.180 e. The van der Waals surface area contributed by atoms with E-state index in [0.29, 0.717) is 21.6 Å². The maximum atomic E-state index is 13.6. The number of nitrogens with one attached hydrogen (secondary N) is 1. The fourth-order valence-corrected chi connectivity index (χ4v) is 2.26. The van der Waals surface area contributed by atoms with E-state index in [1.54, 1.807) is 23.0 Å². The highest BCUT2D eigenvalue weighted by Gasteiger charge is 2.08. The van der Waals surface area contributed by atoms with Gasteiger partial charge in [0.1, 0.15) is 16.2 Å². The number of anilines is 1. The predicted octanol–water partition coefficient (Wildman–Crippen LogP) is 3.38. The Morgan fingerprint density at radius 1 is 1.30 bits per heavy atom. The van der Waals surface area contributed by atoms with Gasteiger partial charge in [0.15, 0.2) is 11.5 Å². The lowest BCUT2D eigenvalue weighted by Crippen LogP contribution is -2.06. The molecule has 0 aliphatic carbocycles. The molecule has 0 aliphatic rings. The van der Waals surface area contributed by atoms with Gasteiger partial charge in [0.05, 0.1) is 0 Å². The summed E-state index contributed by atoms with van der Waals surface area (Å²) in [5.41, 5.74) is 0.994. The first-order valence-corrected chi connectivity index (χ1v) is 6.60. The summed E-state index contributed by atoms with van der Waals surface area (Å²) in [5, 5.41) is 3.00. The van der Waals surface area contributed by atoms with Gasteiger partial charge < -0.3 is 9.72 Å². The zero-order chi connectivity index (χ0) is 14.1. The number of nitrogens with zero attached hydrogens (tertiary/aromatic N) is 3. The molecule has 4 nitrogen and oxygen atoms in total. The van der Waals surface area contributed by atoms with Crippen molar-refractivity contribution in [2.45, 2.75) is 6.54 Å². The maximum absolute atomic E-state index is 13.6. The highest BCUT2D eigenvalue weighted by atomic mass is 79.9. The molecular weight excluding hydrogens is 330 g/mol. The molecule has 0 saturated carbocycles. The Kier molecular flexibility index (Phi) is 3.35. The molecule has 2 heterocycles. The van der Waals surface area contributed by atoms with Gasteiger partial charge >= 0.3 is 0 Å². The van der Waals surface area contributed by atoms with Gasteiger partial charge in [-0.25, -0.2) is 18.7 Å². The summed E-state index contributed by atoms with van der Waals surface area (Å²) in [7, 11) is 0. The minimum Gasteiger partial charge on any atom is -0.363 e. The average Bonchev–Trinajstić information content (AvgIpc) is 2.85. The molecule has 0 atom stereocenters. The van der Waals surface area contributed by atoms with Crippen LogP contribution in [0.1, 0.15) is 5.56 Å². The Balaban J connectivity index is 1.88. The van der Waals surface area contributed by atoms with Crippen molar-refractivity contribution in [1.29, 1.82) is 0 Å². The van der Waals surface area contributed by atoms with E-state index in [9.17, 15) is 8.78 Å². The standard InChI is InChI=1S/C13H9BrF2N4/c14-11-7-20-4-3-17-13(20)12(19-11)18-6-8-1-2-9(15)5-10(8)16/h1-5,7H,6H2,(H,18,19). The van der Waals surface area contributed by atoms with Gasteiger partial charge in [-0.1, -0.05) is 6.07 Å². The van der Waals surface area contributed by atoms with Crippen LogP contribution >= 0.6 is 15.9 Å². The van der Waals surface area contributed by atoms with Crippen LogP contribution < -0.4 is 5.32 Å². The predicted molar refractivity (Wildman–Crippen MR) is 74.4 cm³/mol. The first-order valence-electron chi connectivity index (χ1n) is 5.80. The van der Waals surface area contributed by atoms with Crippen molar-refractivity contribution in [2.24, 2.45) is 0 Å². The Morgan fingerprint density at radius 2 is 2.15 bits per heavy atom. The fourth-order valence-electron chi connectivity index (χ4n) is 1.86. The monoisotopic (exact) mass is 338 g/mol. The van der Waals surface area contributed by atoms with Crippen LogP contribution in [-0.2, 0) is 6.54 Å². The summed E-state index contributed by atoms with van der Waals surface area (Å²) in [6, 6.07) is 3.48. The number of hydrogen-bond donors (Lipinski definition) is 1. The van der Waals surface area contributed by atoms with Gasteiger partial charge in [-0.3, -0.25) is 0 Å². The van der Waals surface area contributed by atoms with Gasteiger partial charge in [-0.05, 0) is 22.0 Å². The second-order valence-electron chi connectivity index (χ2n) is 4.16. The molecule has 20 heavy (non-hydrogen) atoms. The van der Waals surface area contributed by atoms with Crippen LogP contribution in [0, 0.1) is 11.6 Å². The summed E-state index contributed by atoms with van der Waals surface area (Å²) in [6.07, 6.45) is 5.20. The summed E-state index contributed by atoms with van der Waals surface area (Å²) < 4.78 is 28.8. The Hall–Kier alpha value is -2.02. The van der Waals surface area contributed by atoms with Crippen molar-refractivity contribution in [2.75, 3.05) is 5.32 Å². The quantitative estimate of drug-likeness (QED) is 0.796. The third-order valence-corrected chi connectivity index (χ3v) is 3.19. The van der Waals surface area contributed by atoms with Crippen LogP contribution in [0.25, 0.3) is 5.65 Å². The lowest BCUT2D eigenvalue weighted by molar-refractivity contribution is 0.574. The number of fused-ring (bicyclic) bond motifs is 1. The third kappa shape index (κ3) is 2.49. The van der Waals surface area contributed by atoms with E-state index in [4.69, 9.17) is 0 Å². The zero-order valence-corrected chi connectivity index (χ0v) is 11.7. The number of benzene rings is 1. The van der Waals surface area contributed by atoms with Crippen molar-refractivity contribution >= 4 is 27.4 Å². The number of rotatable bonds is 3. The molecule has 1 aromatic carbocycles. The average molecular weight is 339 g/mol. The summed E-state index contributed by atoms with van der Waals surface area (Å²) in [6.45, 7) is 0.193. The van der Waals surface area contributed by atoms with Crippen molar-refractivity contribution in [3.63, 3.8) is 0 Å². The molecule has 7 heteroatoms. The first kappa shape index (κ1) is 13.0. The van der Waals surface area contributed by atoms with E-state index in [0.717, 1.165) is 6.07 Å². The molecule has 0 saturated heterocycles. The van der Waals surface area contributed by atoms with Gasteiger partial charge in [-0.2, -0.15) is 0 Å². The van der Waals surface area contributed by atoms with Gasteiger partial charge in [0, 0.05) is 36.8 Å². The second-order valence-corrected chi connectivity index (χ2v) is 4.97. The topological polar surface area (TPSA) is 42.2 Å². The van der Waals surface area contributed by atoms with Crippen LogP contribution in [0.5, 0.6) is 0 Å². The molecule has 0 spiro atoms. The summed E-state index contributed by atoms with van der Waals surface area (Å²) >= 11 is 3.29. The molecule has 0 bridgehead atoms. The fraction of sp³-hybridized carbons (Fsp3) is 0.0769. The molecular formula is C13H9BrF2N4. The van der Waals surface area contributed by atoms with Gasteiger partial charge in [0.25, 0.3) is 0 Å². The van der Waals surface area contributed by atoms with Crippen LogP contribution in [-0.4, -0.2) is 14.4 Å². The highest BCUT2D eigenvalue weighted by Crippen LogP contribution is 2.18. The lowest BCUT2D eigenvalue weighted by atomic mass is 10.2. The second kappa shape index (κ2) is 5.16. The van der Waals surface area contributed by atoms with E-state index >= 15 is 0 Å². The lowest BCUT2D eigenvalue weighted by Gasteiger charge is -2.08. The molecule has 0 radical (unpaired) electrons. The van der Waals surface area contributed by atoms with E-state index < -0.39 is 11.6 Å². The highest BCUT2D eigenvalue weighted by molar-refractivity contribution is 9.10. The first-order chi connectivity index (χ1) is 9.63. The molecule has 0 unspecified atom stereocenters. The largest absolute Gasteiger partial charge is 0.363 e.